The van der Waals surface area contributed by atoms with Gasteiger partial charge in [-0.25, -0.2) is 0 Å². The molecule has 0 aromatic heterocycles. The maximum Gasteiger partial charge on any atom is 0.114 e. The molecule has 2 aliphatic rings. The van der Waals surface area contributed by atoms with E-state index in [1.54, 1.807) is 0 Å². The molecule has 2 fully saturated rings. The Balaban J connectivity index is 1.78. The fourth-order valence-corrected chi connectivity index (χ4v) is 2.55. The first-order valence-electron chi connectivity index (χ1n) is 4.30. The summed E-state index contributed by atoms with van der Waals surface area (Å²) >= 11 is 1.47. The fourth-order valence-electron chi connectivity index (χ4n) is 2.31. The van der Waals surface area contributed by atoms with Gasteiger partial charge in [-0.1, -0.05) is 0 Å². The van der Waals surface area contributed by atoms with E-state index in [4.69, 9.17) is 4.18 Å². The highest BCUT2D eigenvalue weighted by Crippen LogP contribution is 2.37. The van der Waals surface area contributed by atoms with E-state index < -0.39 is 0 Å². The molecule has 11 heavy (non-hydrogen) atoms. The highest BCUT2D eigenvalue weighted by atomic mass is 32.2. The van der Waals surface area contributed by atoms with Crippen molar-refractivity contribution in [3.8, 4) is 0 Å². The van der Waals surface area contributed by atoms with Gasteiger partial charge in [0.2, 0.25) is 0 Å². The summed E-state index contributed by atoms with van der Waals surface area (Å²) in [4.78, 5) is 2.48. The predicted molar refractivity (Wildman–Crippen MR) is 47.3 cm³/mol. The number of likely N-dealkylation sites (tertiary alicyclic amines) is 1. The summed E-state index contributed by atoms with van der Waals surface area (Å²) in [7, 11) is 0. The van der Waals surface area contributed by atoms with Gasteiger partial charge in [0.15, 0.2) is 0 Å². The molecule has 0 aromatic rings. The van der Waals surface area contributed by atoms with Gasteiger partial charge in [-0.05, 0) is 37.2 Å². The highest BCUT2D eigenvalue weighted by Gasteiger charge is 2.37. The maximum absolute atomic E-state index is 5.31. The van der Waals surface area contributed by atoms with Gasteiger partial charge in [0, 0.05) is 18.8 Å². The van der Waals surface area contributed by atoms with Crippen molar-refractivity contribution in [1.29, 1.82) is 0 Å². The van der Waals surface area contributed by atoms with Crippen molar-refractivity contribution >= 4 is 12.0 Å². The molecule has 2 unspecified atom stereocenters. The molecule has 1 aliphatic carbocycles. The Kier molecular flexibility index (Phi) is 2.39. The number of rotatable bonds is 3. The molecular weight excluding hydrogens is 158 g/mol. The van der Waals surface area contributed by atoms with Crippen LogP contribution in [0.5, 0.6) is 0 Å². The first kappa shape index (κ1) is 7.90. The number of nitrogens with zero attached hydrogens (tertiary/aromatic N) is 1. The van der Waals surface area contributed by atoms with E-state index in [9.17, 15) is 0 Å². The number of piperidine rings is 1. The topological polar surface area (TPSA) is 12.5 Å². The first-order chi connectivity index (χ1) is 5.40. The van der Waals surface area contributed by atoms with Crippen LogP contribution in [0.4, 0.5) is 0 Å². The Bertz CT molecular complexity index is 142. The van der Waals surface area contributed by atoms with Crippen molar-refractivity contribution in [3.05, 3.63) is 0 Å². The van der Waals surface area contributed by atoms with Gasteiger partial charge >= 0.3 is 0 Å². The summed E-state index contributed by atoms with van der Waals surface area (Å²) < 4.78 is 5.31. The second-order valence-electron chi connectivity index (χ2n) is 3.52. The summed E-state index contributed by atoms with van der Waals surface area (Å²) in [5, 5.41) is 0. The van der Waals surface area contributed by atoms with Gasteiger partial charge in [0.25, 0.3) is 0 Å². The van der Waals surface area contributed by atoms with Gasteiger partial charge < -0.3 is 4.18 Å². The maximum atomic E-state index is 5.31. The van der Waals surface area contributed by atoms with E-state index in [0.717, 1.165) is 18.7 Å². The summed E-state index contributed by atoms with van der Waals surface area (Å²) in [5.74, 6) is 0.991. The SMILES string of the molecule is CSOCN1CC2CCC1C2. The van der Waals surface area contributed by atoms with Crippen molar-refractivity contribution in [3.63, 3.8) is 0 Å². The zero-order valence-corrected chi connectivity index (χ0v) is 7.77. The van der Waals surface area contributed by atoms with Gasteiger partial charge in [0.1, 0.15) is 6.73 Å². The molecule has 2 rings (SSSR count). The Morgan fingerprint density at radius 1 is 1.55 bits per heavy atom. The quantitative estimate of drug-likeness (QED) is 0.603. The molecule has 0 amide bonds. The zero-order chi connectivity index (χ0) is 7.68. The molecule has 1 saturated carbocycles. The van der Waals surface area contributed by atoms with Gasteiger partial charge in [-0.15, -0.1) is 0 Å². The van der Waals surface area contributed by atoms with Crippen LogP contribution in [0, 0.1) is 5.92 Å². The van der Waals surface area contributed by atoms with Crippen LogP contribution >= 0.6 is 12.0 Å². The third-order valence-corrected chi connectivity index (χ3v) is 3.20. The van der Waals surface area contributed by atoms with E-state index in [0.29, 0.717) is 0 Å². The van der Waals surface area contributed by atoms with Crippen molar-refractivity contribution in [2.45, 2.75) is 25.3 Å². The smallest absolute Gasteiger partial charge is 0.114 e. The molecular formula is C8H15NOS. The Morgan fingerprint density at radius 2 is 2.45 bits per heavy atom. The van der Waals surface area contributed by atoms with Crippen LogP contribution in [0.3, 0.4) is 0 Å². The van der Waals surface area contributed by atoms with Crippen LogP contribution in [0.2, 0.25) is 0 Å². The lowest BCUT2D eigenvalue weighted by molar-refractivity contribution is 0.112. The molecule has 0 radical (unpaired) electrons. The normalized spacial score (nSPS) is 36.8. The van der Waals surface area contributed by atoms with Crippen LogP contribution in [-0.4, -0.2) is 30.5 Å². The van der Waals surface area contributed by atoms with Crippen LogP contribution < -0.4 is 0 Å². The lowest BCUT2D eigenvalue weighted by Crippen LogP contribution is -2.33. The molecule has 0 aromatic carbocycles. The summed E-state index contributed by atoms with van der Waals surface area (Å²) in [6.07, 6.45) is 6.27. The Labute approximate surface area is 72.5 Å². The lowest BCUT2D eigenvalue weighted by Gasteiger charge is -2.25. The van der Waals surface area contributed by atoms with Crippen LogP contribution in [-0.2, 0) is 4.18 Å². The van der Waals surface area contributed by atoms with Crippen molar-refractivity contribution in [1.82, 2.24) is 4.90 Å². The van der Waals surface area contributed by atoms with Crippen LogP contribution in [0.1, 0.15) is 19.3 Å². The highest BCUT2D eigenvalue weighted by molar-refractivity contribution is 7.93. The van der Waals surface area contributed by atoms with E-state index in [-0.39, 0.29) is 0 Å². The molecule has 0 spiro atoms. The minimum Gasteiger partial charge on any atom is -0.300 e. The number of hydrogen-bond donors (Lipinski definition) is 0. The molecule has 2 nitrogen and oxygen atoms in total. The monoisotopic (exact) mass is 173 g/mol. The Hall–Kier alpha value is 0.270. The van der Waals surface area contributed by atoms with Crippen LogP contribution in [0.15, 0.2) is 0 Å². The third kappa shape index (κ3) is 1.55. The number of hydrogen-bond acceptors (Lipinski definition) is 3. The van der Waals surface area contributed by atoms with Crippen molar-refractivity contribution < 1.29 is 4.18 Å². The summed E-state index contributed by atoms with van der Waals surface area (Å²) in [5.41, 5.74) is 0. The van der Waals surface area contributed by atoms with Crippen molar-refractivity contribution in [2.24, 2.45) is 5.92 Å². The van der Waals surface area contributed by atoms with E-state index >= 15 is 0 Å². The molecule has 1 saturated heterocycles. The molecule has 1 aliphatic heterocycles. The van der Waals surface area contributed by atoms with E-state index in [1.165, 1.54) is 37.8 Å². The first-order valence-corrected chi connectivity index (χ1v) is 5.45. The zero-order valence-electron chi connectivity index (χ0n) is 6.95. The molecule has 2 atom stereocenters. The standard InChI is InChI=1S/C8H15NOS/c1-11-10-6-9-5-7-2-3-8(9)4-7/h7-8H,2-6H2,1H3. The predicted octanol–water partition coefficient (Wildman–Crippen LogP) is 1.72. The van der Waals surface area contributed by atoms with Gasteiger partial charge in [-0.3, -0.25) is 4.90 Å². The fraction of sp³-hybridized carbons (Fsp3) is 1.00. The van der Waals surface area contributed by atoms with Crippen molar-refractivity contribution in [2.75, 3.05) is 19.5 Å². The molecule has 64 valence electrons. The molecule has 2 bridgehead atoms. The molecule has 1 heterocycles. The second kappa shape index (κ2) is 3.33. The average molecular weight is 173 g/mol. The van der Waals surface area contributed by atoms with Gasteiger partial charge in [-0.2, -0.15) is 0 Å². The molecule has 0 N–H and O–H groups in total. The number of fused-ring (bicyclic) bond motifs is 2. The molecule has 3 heteroatoms. The summed E-state index contributed by atoms with van der Waals surface area (Å²) in [6, 6.07) is 0.854. The average Bonchev–Trinajstić information content (AvgIpc) is 2.60. The minimum absolute atomic E-state index is 0.836. The minimum atomic E-state index is 0.836. The van der Waals surface area contributed by atoms with E-state index in [1.807, 2.05) is 6.26 Å². The Morgan fingerprint density at radius 3 is 3.00 bits per heavy atom. The summed E-state index contributed by atoms with van der Waals surface area (Å²) in [6.45, 7) is 2.12. The van der Waals surface area contributed by atoms with Gasteiger partial charge in [0.05, 0.1) is 0 Å². The van der Waals surface area contributed by atoms with Crippen LogP contribution in [0.25, 0.3) is 0 Å². The third-order valence-electron chi connectivity index (χ3n) is 2.86. The van der Waals surface area contributed by atoms with E-state index in [2.05, 4.69) is 4.90 Å². The second-order valence-corrected chi connectivity index (χ2v) is 4.09. The lowest BCUT2D eigenvalue weighted by atomic mass is 10.1. The largest absolute Gasteiger partial charge is 0.300 e.